The number of nitrogens with one attached hydrogen (secondary N) is 1. The lowest BCUT2D eigenvalue weighted by molar-refractivity contribution is -0.0179. The molecule has 2 aliphatic rings. The molecule has 150 valence electrons. The topological polar surface area (TPSA) is 54.0 Å². The summed E-state index contributed by atoms with van der Waals surface area (Å²) >= 11 is 0. The summed E-state index contributed by atoms with van der Waals surface area (Å²) in [6.07, 6.45) is 2.69. The fourth-order valence-corrected chi connectivity index (χ4v) is 3.98. The van der Waals surface area contributed by atoms with Crippen molar-refractivity contribution in [2.75, 3.05) is 39.9 Å². The predicted octanol–water partition coefficient (Wildman–Crippen LogP) is 2.87. The first-order valence-electron chi connectivity index (χ1n) is 10.1. The number of rotatable bonds is 5. The lowest BCUT2D eigenvalue weighted by Gasteiger charge is -2.44. The van der Waals surface area contributed by atoms with Gasteiger partial charge in [-0.1, -0.05) is 18.2 Å². The van der Waals surface area contributed by atoms with Crippen LogP contribution < -0.4 is 10.1 Å². The van der Waals surface area contributed by atoms with Crippen molar-refractivity contribution in [2.45, 2.75) is 51.3 Å². The molecule has 1 saturated heterocycles. The Morgan fingerprint density at radius 3 is 2.74 bits per heavy atom. The Morgan fingerprint density at radius 1 is 1.30 bits per heavy atom. The van der Waals surface area contributed by atoms with Gasteiger partial charge in [0, 0.05) is 57.8 Å². The molecule has 0 aromatic heterocycles. The molecule has 0 atom stereocenters. The summed E-state index contributed by atoms with van der Waals surface area (Å²) in [7, 11) is 1.68. The average molecular weight is 376 g/mol. The van der Waals surface area contributed by atoms with Crippen molar-refractivity contribution in [1.82, 2.24) is 15.1 Å². The SMILES string of the molecule is COCCCNC(=O)N1Cc2ccccc2OC2(CCN(C(C)C)CC2)C1. The number of nitrogens with zero attached hydrogens (tertiary/aromatic N) is 2. The van der Waals surface area contributed by atoms with Crippen LogP contribution in [0.1, 0.15) is 38.7 Å². The Balaban J connectivity index is 1.74. The van der Waals surface area contributed by atoms with Crippen molar-refractivity contribution >= 4 is 6.03 Å². The standard InChI is InChI=1S/C21H33N3O3/c1-17(2)23-12-9-21(10-13-23)16-24(20(25)22-11-6-14-26-3)15-18-7-4-5-8-19(18)27-21/h4-5,7-8,17H,6,9-16H2,1-3H3,(H,22,25). The number of ether oxygens (including phenoxy) is 2. The van der Waals surface area contributed by atoms with Crippen LogP contribution in [0.5, 0.6) is 5.75 Å². The van der Waals surface area contributed by atoms with Gasteiger partial charge in [-0.05, 0) is 26.3 Å². The van der Waals surface area contributed by atoms with Gasteiger partial charge in [0.15, 0.2) is 0 Å². The third kappa shape index (κ3) is 4.93. The summed E-state index contributed by atoms with van der Waals surface area (Å²) in [6.45, 7) is 8.97. The largest absolute Gasteiger partial charge is 0.485 e. The van der Waals surface area contributed by atoms with E-state index in [0.29, 0.717) is 32.3 Å². The lowest BCUT2D eigenvalue weighted by Crippen LogP contribution is -2.56. The van der Waals surface area contributed by atoms with Crippen molar-refractivity contribution in [3.63, 3.8) is 0 Å². The normalized spacial score (nSPS) is 19.5. The van der Waals surface area contributed by atoms with Crippen molar-refractivity contribution in [2.24, 2.45) is 0 Å². The highest BCUT2D eigenvalue weighted by Gasteiger charge is 2.42. The maximum absolute atomic E-state index is 12.8. The van der Waals surface area contributed by atoms with Crippen molar-refractivity contribution < 1.29 is 14.3 Å². The molecule has 0 unspecified atom stereocenters. The zero-order valence-electron chi connectivity index (χ0n) is 16.9. The van der Waals surface area contributed by atoms with Gasteiger partial charge in [-0.25, -0.2) is 4.79 Å². The highest BCUT2D eigenvalue weighted by molar-refractivity contribution is 5.74. The minimum absolute atomic E-state index is 0.0166. The summed E-state index contributed by atoms with van der Waals surface area (Å²) in [4.78, 5) is 17.2. The second-order valence-electron chi connectivity index (χ2n) is 7.96. The number of para-hydroxylation sites is 1. The Hall–Kier alpha value is -1.79. The number of hydrogen-bond donors (Lipinski definition) is 1. The van der Waals surface area contributed by atoms with Crippen LogP contribution in [-0.4, -0.2) is 67.4 Å². The van der Waals surface area contributed by atoms with Gasteiger partial charge >= 0.3 is 6.03 Å². The molecule has 27 heavy (non-hydrogen) atoms. The van der Waals surface area contributed by atoms with E-state index in [1.165, 1.54) is 0 Å². The molecule has 1 fully saturated rings. The number of piperidine rings is 1. The minimum atomic E-state index is -0.304. The highest BCUT2D eigenvalue weighted by atomic mass is 16.5. The zero-order chi connectivity index (χ0) is 19.3. The van der Waals surface area contributed by atoms with Gasteiger partial charge in [0.05, 0.1) is 13.1 Å². The fraction of sp³-hybridized carbons (Fsp3) is 0.667. The maximum atomic E-state index is 12.8. The molecule has 2 heterocycles. The molecule has 1 spiro atoms. The lowest BCUT2D eigenvalue weighted by atomic mass is 9.90. The number of methoxy groups -OCH3 is 1. The molecule has 0 aliphatic carbocycles. The van der Waals surface area contributed by atoms with E-state index in [4.69, 9.17) is 9.47 Å². The molecule has 0 saturated carbocycles. The molecule has 1 N–H and O–H groups in total. The Kier molecular flexibility index (Phi) is 6.60. The van der Waals surface area contributed by atoms with Crippen molar-refractivity contribution in [1.29, 1.82) is 0 Å². The van der Waals surface area contributed by atoms with Gasteiger partial charge in [-0.15, -0.1) is 0 Å². The minimum Gasteiger partial charge on any atom is -0.485 e. The molecule has 1 aromatic carbocycles. The van der Waals surface area contributed by atoms with Crippen LogP contribution in [-0.2, 0) is 11.3 Å². The van der Waals surface area contributed by atoms with Gasteiger partial charge in [-0.2, -0.15) is 0 Å². The highest BCUT2D eigenvalue weighted by Crippen LogP contribution is 2.35. The monoisotopic (exact) mass is 375 g/mol. The smallest absolute Gasteiger partial charge is 0.317 e. The predicted molar refractivity (Wildman–Crippen MR) is 106 cm³/mol. The number of amides is 2. The number of fused-ring (bicyclic) bond motifs is 1. The van der Waals surface area contributed by atoms with E-state index in [1.54, 1.807) is 7.11 Å². The van der Waals surface area contributed by atoms with E-state index in [2.05, 4.69) is 30.1 Å². The van der Waals surface area contributed by atoms with Crippen LogP contribution >= 0.6 is 0 Å². The van der Waals surface area contributed by atoms with Crippen LogP contribution in [0, 0.1) is 0 Å². The fourth-order valence-electron chi connectivity index (χ4n) is 3.98. The van der Waals surface area contributed by atoms with E-state index >= 15 is 0 Å². The zero-order valence-corrected chi connectivity index (χ0v) is 16.9. The number of likely N-dealkylation sites (tertiary alicyclic amines) is 1. The number of carbonyl (C=O) groups excluding carboxylic acids is 1. The van der Waals surface area contributed by atoms with Gasteiger partial charge < -0.3 is 24.6 Å². The van der Waals surface area contributed by atoms with Gasteiger partial charge in [0.1, 0.15) is 11.4 Å². The van der Waals surface area contributed by atoms with E-state index < -0.39 is 0 Å². The van der Waals surface area contributed by atoms with Gasteiger partial charge in [0.2, 0.25) is 0 Å². The van der Waals surface area contributed by atoms with Crippen LogP contribution in [0.4, 0.5) is 4.79 Å². The van der Waals surface area contributed by atoms with Crippen molar-refractivity contribution in [3.05, 3.63) is 29.8 Å². The Bertz CT molecular complexity index is 627. The van der Waals surface area contributed by atoms with Crippen LogP contribution in [0.2, 0.25) is 0 Å². The molecular formula is C21H33N3O3. The molecule has 2 amide bonds. The quantitative estimate of drug-likeness (QED) is 0.804. The summed E-state index contributed by atoms with van der Waals surface area (Å²) in [5.41, 5.74) is 0.773. The van der Waals surface area contributed by atoms with Crippen LogP contribution in [0.15, 0.2) is 24.3 Å². The molecule has 6 heteroatoms. The van der Waals surface area contributed by atoms with E-state index in [0.717, 1.165) is 43.7 Å². The summed E-state index contributed by atoms with van der Waals surface area (Å²) in [5, 5.41) is 3.04. The third-order valence-corrected chi connectivity index (χ3v) is 5.67. The Morgan fingerprint density at radius 2 is 2.04 bits per heavy atom. The average Bonchev–Trinajstić information content (AvgIpc) is 2.82. The summed E-state index contributed by atoms with van der Waals surface area (Å²) in [5.74, 6) is 0.921. The molecular weight excluding hydrogens is 342 g/mol. The second kappa shape index (κ2) is 8.93. The third-order valence-electron chi connectivity index (χ3n) is 5.67. The molecule has 2 aliphatic heterocycles. The molecule has 6 nitrogen and oxygen atoms in total. The number of hydrogen-bond acceptors (Lipinski definition) is 4. The van der Waals surface area contributed by atoms with Crippen molar-refractivity contribution in [3.8, 4) is 5.75 Å². The van der Waals surface area contributed by atoms with Gasteiger partial charge in [0.25, 0.3) is 0 Å². The Labute approximate surface area is 162 Å². The first-order chi connectivity index (χ1) is 13.0. The first kappa shape index (κ1) is 20.0. The summed E-state index contributed by atoms with van der Waals surface area (Å²) < 4.78 is 11.6. The van der Waals surface area contributed by atoms with Crippen LogP contribution in [0.25, 0.3) is 0 Å². The van der Waals surface area contributed by atoms with Gasteiger partial charge in [-0.3, -0.25) is 0 Å². The van der Waals surface area contributed by atoms with E-state index in [1.807, 2.05) is 23.1 Å². The van der Waals surface area contributed by atoms with E-state index in [-0.39, 0.29) is 11.6 Å². The number of urea groups is 1. The molecule has 3 rings (SSSR count). The number of carbonyl (C=O) groups is 1. The van der Waals surface area contributed by atoms with E-state index in [9.17, 15) is 4.79 Å². The number of benzene rings is 1. The maximum Gasteiger partial charge on any atom is 0.317 e. The first-order valence-corrected chi connectivity index (χ1v) is 10.1. The molecule has 1 aromatic rings. The molecule has 0 bridgehead atoms. The summed E-state index contributed by atoms with van der Waals surface area (Å²) in [6, 6.07) is 8.64. The van der Waals surface area contributed by atoms with Crippen LogP contribution in [0.3, 0.4) is 0 Å². The molecule has 0 radical (unpaired) electrons. The second-order valence-corrected chi connectivity index (χ2v) is 7.96.